The molecule has 21 heavy (non-hydrogen) atoms. The van der Waals surface area contributed by atoms with Crippen molar-refractivity contribution in [2.45, 2.75) is 26.3 Å². The number of carbonyl (C=O) groups excluding carboxylic acids is 2. The molecule has 0 saturated heterocycles. The van der Waals surface area contributed by atoms with Crippen LogP contribution >= 0.6 is 0 Å². The molecule has 0 bridgehead atoms. The maximum atomic E-state index is 12.5. The van der Waals surface area contributed by atoms with Gasteiger partial charge in [0.2, 0.25) is 0 Å². The van der Waals surface area contributed by atoms with E-state index in [4.69, 9.17) is 0 Å². The van der Waals surface area contributed by atoms with Crippen LogP contribution < -0.4 is 5.32 Å². The van der Waals surface area contributed by atoms with Gasteiger partial charge in [0.25, 0.3) is 5.91 Å². The van der Waals surface area contributed by atoms with Crippen LogP contribution in [0.5, 0.6) is 0 Å². The van der Waals surface area contributed by atoms with Crippen molar-refractivity contribution in [1.29, 1.82) is 0 Å². The Balaban J connectivity index is 2.33. The fourth-order valence-electron chi connectivity index (χ4n) is 2.03. The zero-order chi connectivity index (χ0) is 15.2. The number of carbonyl (C=O) groups is 2. The summed E-state index contributed by atoms with van der Waals surface area (Å²) < 4.78 is 0. The maximum absolute atomic E-state index is 12.5. The lowest BCUT2D eigenvalue weighted by Gasteiger charge is -2.13. The second-order valence-electron chi connectivity index (χ2n) is 5.02. The normalized spacial score (nSPS) is 11.7. The molecule has 108 valence electrons. The summed E-state index contributed by atoms with van der Waals surface area (Å²) in [5.74, 6) is -0.338. The largest absolute Gasteiger partial charge is 0.350 e. The molecule has 0 aliphatic heterocycles. The second-order valence-corrected chi connectivity index (χ2v) is 5.02. The van der Waals surface area contributed by atoms with Crippen LogP contribution in [0.2, 0.25) is 0 Å². The van der Waals surface area contributed by atoms with Gasteiger partial charge in [-0.05, 0) is 19.4 Å². The standard InChI is InChI=1S/C18H19NO2/c1-3-13(2)19-18(21)16-12-8-7-11-15(16)17(20)14-9-5-4-6-10-14/h4-13H,3H2,1-2H3,(H,19,21). The third-order valence-corrected chi connectivity index (χ3v) is 3.44. The van der Waals surface area contributed by atoms with E-state index < -0.39 is 0 Å². The Morgan fingerprint density at radius 3 is 2.14 bits per heavy atom. The molecule has 2 rings (SSSR count). The van der Waals surface area contributed by atoms with Crippen LogP contribution in [0.15, 0.2) is 54.6 Å². The molecule has 2 aromatic carbocycles. The van der Waals surface area contributed by atoms with Crippen molar-refractivity contribution in [3.05, 3.63) is 71.3 Å². The minimum Gasteiger partial charge on any atom is -0.350 e. The Morgan fingerprint density at radius 1 is 0.952 bits per heavy atom. The van der Waals surface area contributed by atoms with E-state index in [1.54, 1.807) is 36.4 Å². The van der Waals surface area contributed by atoms with Crippen LogP contribution in [0.3, 0.4) is 0 Å². The highest BCUT2D eigenvalue weighted by Crippen LogP contribution is 2.15. The number of rotatable bonds is 5. The van der Waals surface area contributed by atoms with E-state index in [1.807, 2.05) is 32.0 Å². The molecule has 1 atom stereocenters. The Morgan fingerprint density at radius 2 is 1.52 bits per heavy atom. The minimum absolute atomic E-state index is 0.0809. The lowest BCUT2D eigenvalue weighted by Crippen LogP contribution is -2.33. The Hall–Kier alpha value is -2.42. The van der Waals surface area contributed by atoms with E-state index in [2.05, 4.69) is 5.32 Å². The topological polar surface area (TPSA) is 46.2 Å². The summed E-state index contributed by atoms with van der Waals surface area (Å²) in [7, 11) is 0. The predicted molar refractivity (Wildman–Crippen MR) is 83.5 cm³/mol. The van der Waals surface area contributed by atoms with Gasteiger partial charge < -0.3 is 5.32 Å². The first-order chi connectivity index (χ1) is 10.1. The van der Waals surface area contributed by atoms with Crippen LogP contribution in [-0.4, -0.2) is 17.7 Å². The number of hydrogen-bond acceptors (Lipinski definition) is 2. The molecular formula is C18H19NO2. The van der Waals surface area contributed by atoms with E-state index in [1.165, 1.54) is 0 Å². The smallest absolute Gasteiger partial charge is 0.252 e. The molecule has 0 aromatic heterocycles. The Bertz CT molecular complexity index is 635. The number of hydrogen-bond donors (Lipinski definition) is 1. The summed E-state index contributed by atoms with van der Waals surface area (Å²) in [4.78, 5) is 24.9. The molecule has 1 amide bonds. The molecule has 0 spiro atoms. The van der Waals surface area contributed by atoms with Gasteiger partial charge in [0.1, 0.15) is 0 Å². The highest BCUT2D eigenvalue weighted by molar-refractivity contribution is 6.15. The summed E-state index contributed by atoms with van der Waals surface area (Å²) in [6.45, 7) is 3.95. The fourth-order valence-corrected chi connectivity index (χ4v) is 2.03. The predicted octanol–water partition coefficient (Wildman–Crippen LogP) is 3.45. The zero-order valence-corrected chi connectivity index (χ0v) is 12.3. The summed E-state index contributed by atoms with van der Waals surface area (Å²) in [6.07, 6.45) is 0.848. The molecule has 1 unspecified atom stereocenters. The van der Waals surface area contributed by atoms with Gasteiger partial charge in [-0.15, -0.1) is 0 Å². The maximum Gasteiger partial charge on any atom is 0.252 e. The van der Waals surface area contributed by atoms with Crippen molar-refractivity contribution in [2.75, 3.05) is 0 Å². The first-order valence-corrected chi connectivity index (χ1v) is 7.13. The molecule has 3 heteroatoms. The number of ketones is 1. The van der Waals surface area contributed by atoms with Crippen LogP contribution in [0.25, 0.3) is 0 Å². The molecule has 0 radical (unpaired) electrons. The molecule has 2 aromatic rings. The van der Waals surface area contributed by atoms with Gasteiger partial charge >= 0.3 is 0 Å². The molecule has 1 N–H and O–H groups in total. The molecule has 0 fully saturated rings. The van der Waals surface area contributed by atoms with Crippen LogP contribution in [0.1, 0.15) is 46.5 Å². The van der Waals surface area contributed by atoms with Gasteiger partial charge in [-0.3, -0.25) is 9.59 Å². The molecular weight excluding hydrogens is 262 g/mol. The van der Waals surface area contributed by atoms with Gasteiger partial charge in [-0.1, -0.05) is 55.5 Å². The van der Waals surface area contributed by atoms with Crippen molar-refractivity contribution in [2.24, 2.45) is 0 Å². The summed E-state index contributed by atoms with van der Waals surface area (Å²) in [5, 5.41) is 2.90. The Labute approximate surface area is 125 Å². The van der Waals surface area contributed by atoms with Crippen molar-refractivity contribution in [3.8, 4) is 0 Å². The van der Waals surface area contributed by atoms with Gasteiger partial charge in [-0.2, -0.15) is 0 Å². The first kappa shape index (κ1) is 15.0. The molecule has 0 heterocycles. The lowest BCUT2D eigenvalue weighted by atomic mass is 9.98. The molecule has 3 nitrogen and oxygen atoms in total. The Kier molecular flexibility index (Phi) is 4.88. The van der Waals surface area contributed by atoms with Crippen molar-refractivity contribution in [1.82, 2.24) is 5.32 Å². The third kappa shape index (κ3) is 3.57. The summed E-state index contributed by atoms with van der Waals surface area (Å²) in [6, 6.07) is 16.0. The fraction of sp³-hybridized carbons (Fsp3) is 0.222. The van der Waals surface area contributed by atoms with Gasteiger partial charge in [0.05, 0.1) is 5.56 Å². The van der Waals surface area contributed by atoms with E-state index in [-0.39, 0.29) is 17.7 Å². The van der Waals surface area contributed by atoms with Crippen molar-refractivity contribution in [3.63, 3.8) is 0 Å². The number of benzene rings is 2. The zero-order valence-electron chi connectivity index (χ0n) is 12.3. The molecule has 0 aliphatic carbocycles. The monoisotopic (exact) mass is 281 g/mol. The van der Waals surface area contributed by atoms with Gasteiger partial charge in [0.15, 0.2) is 5.78 Å². The summed E-state index contributed by atoms with van der Waals surface area (Å²) >= 11 is 0. The second kappa shape index (κ2) is 6.84. The number of nitrogens with one attached hydrogen (secondary N) is 1. The average molecular weight is 281 g/mol. The van der Waals surface area contributed by atoms with Crippen molar-refractivity contribution < 1.29 is 9.59 Å². The quantitative estimate of drug-likeness (QED) is 0.853. The van der Waals surface area contributed by atoms with Crippen LogP contribution in [0, 0.1) is 0 Å². The highest BCUT2D eigenvalue weighted by atomic mass is 16.2. The van der Waals surface area contributed by atoms with E-state index in [0.29, 0.717) is 16.7 Å². The van der Waals surface area contributed by atoms with E-state index in [9.17, 15) is 9.59 Å². The average Bonchev–Trinajstić information content (AvgIpc) is 2.54. The lowest BCUT2D eigenvalue weighted by molar-refractivity contribution is 0.0929. The molecule has 0 aliphatic rings. The van der Waals surface area contributed by atoms with Crippen LogP contribution in [-0.2, 0) is 0 Å². The minimum atomic E-state index is -0.204. The molecule has 0 saturated carbocycles. The summed E-state index contributed by atoms with van der Waals surface area (Å²) in [5.41, 5.74) is 1.44. The third-order valence-electron chi connectivity index (χ3n) is 3.44. The van der Waals surface area contributed by atoms with Gasteiger partial charge in [-0.25, -0.2) is 0 Å². The van der Waals surface area contributed by atoms with Crippen molar-refractivity contribution >= 4 is 11.7 Å². The SMILES string of the molecule is CCC(C)NC(=O)c1ccccc1C(=O)c1ccccc1. The van der Waals surface area contributed by atoms with Crippen LogP contribution in [0.4, 0.5) is 0 Å². The first-order valence-electron chi connectivity index (χ1n) is 7.13. The highest BCUT2D eigenvalue weighted by Gasteiger charge is 2.18. The van der Waals surface area contributed by atoms with E-state index >= 15 is 0 Å². The number of amides is 1. The van der Waals surface area contributed by atoms with Gasteiger partial charge in [0, 0.05) is 17.2 Å². The van der Waals surface area contributed by atoms with E-state index in [0.717, 1.165) is 6.42 Å².